The maximum Gasteiger partial charge on any atom is 0.263 e. The number of carbonyl (C=O) groups is 1. The molecule has 1 N–H and O–H groups in total. The van der Waals surface area contributed by atoms with Gasteiger partial charge in [0.05, 0.1) is 25.0 Å². The Labute approximate surface area is 180 Å². The van der Waals surface area contributed by atoms with Gasteiger partial charge in [0.1, 0.15) is 6.54 Å². The second kappa shape index (κ2) is 10.1. The van der Waals surface area contributed by atoms with Gasteiger partial charge in [0, 0.05) is 18.7 Å². The molecule has 1 aliphatic heterocycles. The van der Waals surface area contributed by atoms with Gasteiger partial charge < -0.3 is 4.74 Å². The minimum Gasteiger partial charge on any atom is -0.379 e. The highest BCUT2D eigenvalue weighted by atomic mass is 16.5. The number of nitrogens with zero attached hydrogens (tertiary/aromatic N) is 6. The van der Waals surface area contributed by atoms with E-state index in [9.17, 15) is 4.79 Å². The van der Waals surface area contributed by atoms with Crippen LogP contribution in [0.4, 0.5) is 0 Å². The molecule has 4 rings (SSSR count). The molecule has 1 amide bonds. The average Bonchev–Trinajstić information content (AvgIpc) is 3.28. The molecule has 3 aromatic rings. The molecule has 1 aromatic heterocycles. The van der Waals surface area contributed by atoms with Crippen LogP contribution in [0, 0.1) is 0 Å². The SMILES string of the molecule is C/C(=N/NC(=O)Cn1nnc(-c2ccccc2)n1)[C@H](c1ccccc1)N1CCOCC1. The molecule has 160 valence electrons. The number of amides is 1. The molecule has 0 aliphatic carbocycles. The third kappa shape index (κ3) is 5.39. The van der Waals surface area contributed by atoms with E-state index in [0.29, 0.717) is 19.0 Å². The fraction of sp³-hybridized carbons (Fsp3) is 0.318. The van der Waals surface area contributed by atoms with E-state index in [0.717, 1.165) is 29.9 Å². The van der Waals surface area contributed by atoms with Gasteiger partial charge in [0.15, 0.2) is 0 Å². The maximum atomic E-state index is 12.4. The quantitative estimate of drug-likeness (QED) is 0.464. The average molecular weight is 419 g/mol. The maximum absolute atomic E-state index is 12.4. The van der Waals surface area contributed by atoms with Crippen molar-refractivity contribution in [1.82, 2.24) is 30.5 Å². The van der Waals surface area contributed by atoms with Crippen LogP contribution in [0.15, 0.2) is 65.8 Å². The molecule has 1 aliphatic rings. The monoisotopic (exact) mass is 419 g/mol. The normalized spacial score (nSPS) is 16.1. The Morgan fingerprint density at radius 2 is 1.77 bits per heavy atom. The highest BCUT2D eigenvalue weighted by Crippen LogP contribution is 2.23. The number of morpholine rings is 1. The van der Waals surface area contributed by atoms with Gasteiger partial charge in [0.2, 0.25) is 5.82 Å². The van der Waals surface area contributed by atoms with Crippen LogP contribution in [-0.4, -0.2) is 63.0 Å². The van der Waals surface area contributed by atoms with Crippen molar-refractivity contribution in [1.29, 1.82) is 0 Å². The van der Waals surface area contributed by atoms with Crippen molar-refractivity contribution in [2.24, 2.45) is 5.10 Å². The van der Waals surface area contributed by atoms with Gasteiger partial charge in [-0.05, 0) is 17.7 Å². The van der Waals surface area contributed by atoms with Gasteiger partial charge >= 0.3 is 0 Å². The second-order valence-electron chi connectivity index (χ2n) is 7.26. The molecule has 2 aromatic carbocycles. The van der Waals surface area contributed by atoms with Crippen LogP contribution in [0.1, 0.15) is 18.5 Å². The summed E-state index contributed by atoms with van der Waals surface area (Å²) in [5.41, 5.74) is 5.41. The van der Waals surface area contributed by atoms with Gasteiger partial charge in [-0.15, -0.1) is 10.2 Å². The number of hydrogen-bond acceptors (Lipinski definition) is 7. The van der Waals surface area contributed by atoms with Crippen molar-refractivity contribution < 1.29 is 9.53 Å². The summed E-state index contributed by atoms with van der Waals surface area (Å²) in [7, 11) is 0. The molecule has 0 radical (unpaired) electrons. The molecule has 0 saturated carbocycles. The van der Waals surface area contributed by atoms with Crippen molar-refractivity contribution in [2.75, 3.05) is 26.3 Å². The van der Waals surface area contributed by atoms with Crippen LogP contribution >= 0.6 is 0 Å². The summed E-state index contributed by atoms with van der Waals surface area (Å²) in [6.45, 7) is 4.85. The number of ether oxygens (including phenoxy) is 1. The first-order valence-corrected chi connectivity index (χ1v) is 10.2. The first kappa shape index (κ1) is 20.8. The lowest BCUT2D eigenvalue weighted by molar-refractivity contribution is -0.122. The largest absolute Gasteiger partial charge is 0.379 e. The first-order valence-electron chi connectivity index (χ1n) is 10.2. The Morgan fingerprint density at radius 1 is 1.10 bits per heavy atom. The lowest BCUT2D eigenvalue weighted by Gasteiger charge is -2.34. The van der Waals surface area contributed by atoms with E-state index < -0.39 is 0 Å². The van der Waals surface area contributed by atoms with Gasteiger partial charge in [-0.2, -0.15) is 9.90 Å². The number of hydrazone groups is 1. The molecule has 2 heterocycles. The summed E-state index contributed by atoms with van der Waals surface area (Å²) in [4.78, 5) is 16.0. The van der Waals surface area contributed by atoms with Gasteiger partial charge in [-0.3, -0.25) is 9.69 Å². The van der Waals surface area contributed by atoms with E-state index in [1.165, 1.54) is 4.80 Å². The van der Waals surface area contributed by atoms with E-state index in [1.54, 1.807) is 0 Å². The molecule has 9 heteroatoms. The van der Waals surface area contributed by atoms with Gasteiger partial charge in [-0.25, -0.2) is 5.43 Å². The highest BCUT2D eigenvalue weighted by Gasteiger charge is 2.25. The zero-order chi connectivity index (χ0) is 21.5. The number of tetrazole rings is 1. The predicted molar refractivity (Wildman–Crippen MR) is 116 cm³/mol. The van der Waals surface area contributed by atoms with Gasteiger partial charge in [0.25, 0.3) is 5.91 Å². The Balaban J connectivity index is 1.42. The minimum absolute atomic E-state index is 0.0282. The highest BCUT2D eigenvalue weighted by molar-refractivity contribution is 5.89. The first-order chi connectivity index (χ1) is 15.2. The third-order valence-corrected chi connectivity index (χ3v) is 5.05. The molecule has 1 saturated heterocycles. The summed E-state index contributed by atoms with van der Waals surface area (Å²) in [5, 5.41) is 16.6. The molecule has 1 fully saturated rings. The predicted octanol–water partition coefficient (Wildman–Crippen LogP) is 1.91. The number of hydrogen-bond donors (Lipinski definition) is 1. The standard InChI is InChI=1S/C22H25N7O2/c1-17(21(18-8-4-2-5-9-18)28-12-14-31-15-13-28)23-24-20(30)16-29-26-22(25-27-29)19-10-6-3-7-11-19/h2-11,21H,12-16H2,1H3,(H,24,30)/b23-17-/t21-/m1/s1. The van der Waals surface area contributed by atoms with Crippen LogP contribution in [0.25, 0.3) is 11.4 Å². The summed E-state index contributed by atoms with van der Waals surface area (Å²) in [6, 6.07) is 19.6. The molecule has 31 heavy (non-hydrogen) atoms. The lowest BCUT2D eigenvalue weighted by Crippen LogP contribution is -2.42. The number of carbonyl (C=O) groups excluding carboxylic acids is 1. The second-order valence-corrected chi connectivity index (χ2v) is 7.26. The number of rotatable bonds is 7. The number of benzene rings is 2. The minimum atomic E-state index is -0.315. The fourth-order valence-corrected chi connectivity index (χ4v) is 3.58. The van der Waals surface area contributed by atoms with Crippen molar-refractivity contribution in [3.05, 3.63) is 66.2 Å². The molecular weight excluding hydrogens is 394 g/mol. The third-order valence-electron chi connectivity index (χ3n) is 5.05. The smallest absolute Gasteiger partial charge is 0.263 e. The van der Waals surface area contributed by atoms with E-state index in [2.05, 4.69) is 43.0 Å². The molecular formula is C22H25N7O2. The fourth-order valence-electron chi connectivity index (χ4n) is 3.58. The topological polar surface area (TPSA) is 97.5 Å². The molecule has 9 nitrogen and oxygen atoms in total. The van der Waals surface area contributed by atoms with Crippen molar-refractivity contribution in [2.45, 2.75) is 19.5 Å². The zero-order valence-corrected chi connectivity index (χ0v) is 17.4. The summed E-state index contributed by atoms with van der Waals surface area (Å²) >= 11 is 0. The van der Waals surface area contributed by atoms with Crippen LogP contribution in [0.5, 0.6) is 0 Å². The van der Waals surface area contributed by atoms with Crippen LogP contribution in [-0.2, 0) is 16.1 Å². The van der Waals surface area contributed by atoms with Crippen molar-refractivity contribution >= 4 is 11.6 Å². The van der Waals surface area contributed by atoms with Crippen molar-refractivity contribution in [3.63, 3.8) is 0 Å². The Bertz CT molecular complexity index is 1010. The zero-order valence-electron chi connectivity index (χ0n) is 17.4. The Kier molecular flexibility index (Phi) is 6.75. The van der Waals surface area contributed by atoms with Crippen LogP contribution in [0.2, 0.25) is 0 Å². The Morgan fingerprint density at radius 3 is 2.48 bits per heavy atom. The summed E-state index contributed by atoms with van der Waals surface area (Å²) in [6.07, 6.45) is 0. The van der Waals surface area contributed by atoms with E-state index in [1.807, 2.05) is 55.5 Å². The van der Waals surface area contributed by atoms with Crippen LogP contribution in [0.3, 0.4) is 0 Å². The van der Waals surface area contributed by atoms with E-state index in [4.69, 9.17) is 4.74 Å². The number of nitrogens with one attached hydrogen (secondary N) is 1. The summed E-state index contributed by atoms with van der Waals surface area (Å²) in [5.74, 6) is 0.162. The molecule has 0 spiro atoms. The summed E-state index contributed by atoms with van der Waals surface area (Å²) < 4.78 is 5.49. The Hall–Kier alpha value is -3.43. The van der Waals surface area contributed by atoms with Gasteiger partial charge in [-0.1, -0.05) is 60.7 Å². The lowest BCUT2D eigenvalue weighted by atomic mass is 10.0. The number of aromatic nitrogens is 4. The molecule has 0 unspecified atom stereocenters. The van der Waals surface area contributed by atoms with Crippen LogP contribution < -0.4 is 5.43 Å². The van der Waals surface area contributed by atoms with E-state index in [-0.39, 0.29) is 18.5 Å². The van der Waals surface area contributed by atoms with Crippen molar-refractivity contribution in [3.8, 4) is 11.4 Å². The molecule has 0 bridgehead atoms. The van der Waals surface area contributed by atoms with E-state index >= 15 is 0 Å². The molecule has 1 atom stereocenters.